The summed E-state index contributed by atoms with van der Waals surface area (Å²) in [5.74, 6) is 0.105. The summed E-state index contributed by atoms with van der Waals surface area (Å²) in [5, 5.41) is 21.0. The molecule has 0 aromatic carbocycles. The van der Waals surface area contributed by atoms with Crippen molar-refractivity contribution in [2.45, 2.75) is 12.6 Å². The van der Waals surface area contributed by atoms with E-state index in [9.17, 15) is 18.4 Å². The van der Waals surface area contributed by atoms with Gasteiger partial charge in [-0.1, -0.05) is 0 Å². The SMILES string of the molecule is CNc1nc(Nc2cnc(C#N)c(NC[C@@H]3CCNC3)c2)ncc1C(F)(F)F. The number of nitrogens with zero attached hydrogens (tertiary/aromatic N) is 4. The van der Waals surface area contributed by atoms with Crippen LogP contribution in [-0.4, -0.2) is 41.6 Å². The van der Waals surface area contributed by atoms with E-state index >= 15 is 0 Å². The monoisotopic (exact) mass is 392 g/mol. The number of nitriles is 1. The smallest absolute Gasteiger partial charge is 0.382 e. The molecular weight excluding hydrogens is 373 g/mol. The highest BCUT2D eigenvalue weighted by atomic mass is 19.4. The summed E-state index contributed by atoms with van der Waals surface area (Å²) in [6.07, 6.45) is -1.39. The van der Waals surface area contributed by atoms with Gasteiger partial charge in [0.1, 0.15) is 17.5 Å². The lowest BCUT2D eigenvalue weighted by atomic mass is 10.1. The van der Waals surface area contributed by atoms with Crippen molar-refractivity contribution >= 4 is 23.1 Å². The van der Waals surface area contributed by atoms with Crippen molar-refractivity contribution in [2.24, 2.45) is 5.92 Å². The molecule has 0 unspecified atom stereocenters. The highest BCUT2D eigenvalue weighted by Crippen LogP contribution is 2.34. The minimum atomic E-state index is -4.56. The Morgan fingerprint density at radius 2 is 2.14 bits per heavy atom. The molecule has 2 aromatic heterocycles. The Bertz CT molecular complexity index is 872. The molecule has 0 saturated carbocycles. The molecule has 4 N–H and O–H groups in total. The highest BCUT2D eigenvalue weighted by Gasteiger charge is 2.35. The Kier molecular flexibility index (Phi) is 5.79. The zero-order valence-corrected chi connectivity index (χ0v) is 15.1. The number of hydrogen-bond donors (Lipinski definition) is 4. The van der Waals surface area contributed by atoms with E-state index in [-0.39, 0.29) is 17.5 Å². The van der Waals surface area contributed by atoms with Crippen LogP contribution in [0.4, 0.5) is 36.3 Å². The molecule has 0 radical (unpaired) electrons. The van der Waals surface area contributed by atoms with E-state index in [4.69, 9.17) is 0 Å². The molecule has 0 aliphatic carbocycles. The molecule has 11 heteroatoms. The Hall–Kier alpha value is -3.13. The standard InChI is InChI=1S/C17H19F3N8/c1-22-15-12(17(18,19)20)9-26-16(28-15)27-11-4-13(14(5-21)25-8-11)24-7-10-2-3-23-6-10/h4,8-10,23-24H,2-3,6-7H2,1H3,(H2,22,26,27,28)/t10-/m1/s1. The molecule has 2 aromatic rings. The summed E-state index contributed by atoms with van der Waals surface area (Å²) in [4.78, 5) is 11.7. The minimum Gasteiger partial charge on any atom is -0.382 e. The first kappa shape index (κ1) is 19.6. The summed E-state index contributed by atoms with van der Waals surface area (Å²) in [7, 11) is 1.35. The maximum atomic E-state index is 12.9. The second-order valence-electron chi connectivity index (χ2n) is 6.30. The Labute approximate surface area is 159 Å². The number of aromatic nitrogens is 3. The third kappa shape index (κ3) is 4.58. The van der Waals surface area contributed by atoms with Crippen LogP contribution in [0.1, 0.15) is 17.7 Å². The van der Waals surface area contributed by atoms with Gasteiger partial charge in [0.05, 0.1) is 17.6 Å². The number of nitrogens with one attached hydrogen (secondary N) is 4. The molecule has 1 fully saturated rings. The maximum Gasteiger partial charge on any atom is 0.421 e. The van der Waals surface area contributed by atoms with Gasteiger partial charge in [0.2, 0.25) is 5.95 Å². The van der Waals surface area contributed by atoms with Gasteiger partial charge in [-0.05, 0) is 31.5 Å². The van der Waals surface area contributed by atoms with Gasteiger partial charge in [-0.25, -0.2) is 9.97 Å². The van der Waals surface area contributed by atoms with Crippen LogP contribution >= 0.6 is 0 Å². The highest BCUT2D eigenvalue weighted by molar-refractivity contribution is 5.65. The van der Waals surface area contributed by atoms with Gasteiger partial charge < -0.3 is 21.3 Å². The van der Waals surface area contributed by atoms with Crippen LogP contribution < -0.4 is 21.3 Å². The number of rotatable bonds is 6. The zero-order valence-electron chi connectivity index (χ0n) is 15.1. The Morgan fingerprint density at radius 1 is 1.32 bits per heavy atom. The van der Waals surface area contributed by atoms with E-state index in [1.807, 2.05) is 6.07 Å². The van der Waals surface area contributed by atoms with Gasteiger partial charge in [-0.2, -0.15) is 23.4 Å². The molecular formula is C17H19F3N8. The summed E-state index contributed by atoms with van der Waals surface area (Å²) < 4.78 is 38.8. The third-order valence-corrected chi connectivity index (χ3v) is 4.32. The lowest BCUT2D eigenvalue weighted by Gasteiger charge is -2.15. The zero-order chi connectivity index (χ0) is 20.1. The first-order valence-electron chi connectivity index (χ1n) is 8.64. The fourth-order valence-electron chi connectivity index (χ4n) is 2.87. The van der Waals surface area contributed by atoms with Crippen molar-refractivity contribution in [1.82, 2.24) is 20.3 Å². The number of hydrogen-bond acceptors (Lipinski definition) is 8. The van der Waals surface area contributed by atoms with Crippen LogP contribution in [0.3, 0.4) is 0 Å². The van der Waals surface area contributed by atoms with Crippen LogP contribution in [0, 0.1) is 17.2 Å². The van der Waals surface area contributed by atoms with Crippen LogP contribution in [0.25, 0.3) is 0 Å². The fourth-order valence-corrected chi connectivity index (χ4v) is 2.87. The summed E-state index contributed by atoms with van der Waals surface area (Å²) in [6.45, 7) is 2.57. The molecule has 1 saturated heterocycles. The van der Waals surface area contributed by atoms with Gasteiger partial charge >= 0.3 is 6.18 Å². The van der Waals surface area contributed by atoms with Crippen LogP contribution in [0.2, 0.25) is 0 Å². The normalized spacial score (nSPS) is 16.5. The predicted molar refractivity (Wildman–Crippen MR) is 98.3 cm³/mol. The molecule has 8 nitrogen and oxygen atoms in total. The molecule has 28 heavy (non-hydrogen) atoms. The van der Waals surface area contributed by atoms with Crippen molar-refractivity contribution in [3.63, 3.8) is 0 Å². The van der Waals surface area contributed by atoms with Crippen molar-refractivity contribution < 1.29 is 13.2 Å². The Morgan fingerprint density at radius 3 is 2.79 bits per heavy atom. The van der Waals surface area contributed by atoms with Gasteiger partial charge in [-0.3, -0.25) is 0 Å². The molecule has 0 spiro atoms. The van der Waals surface area contributed by atoms with Crippen molar-refractivity contribution in [1.29, 1.82) is 5.26 Å². The van der Waals surface area contributed by atoms with Crippen molar-refractivity contribution in [3.05, 3.63) is 29.7 Å². The largest absolute Gasteiger partial charge is 0.421 e. The summed E-state index contributed by atoms with van der Waals surface area (Å²) in [6, 6.07) is 3.68. The van der Waals surface area contributed by atoms with E-state index in [0.717, 1.165) is 19.5 Å². The number of halogens is 3. The molecule has 1 atom stereocenters. The molecule has 148 valence electrons. The molecule has 1 aliphatic rings. The molecule has 1 aliphatic heterocycles. The second kappa shape index (κ2) is 8.26. The molecule has 3 rings (SSSR count). The Balaban J connectivity index is 1.78. The average Bonchev–Trinajstić information content (AvgIpc) is 3.19. The fraction of sp³-hybridized carbons (Fsp3) is 0.412. The van der Waals surface area contributed by atoms with E-state index < -0.39 is 11.7 Å². The lowest BCUT2D eigenvalue weighted by Crippen LogP contribution is -2.18. The van der Waals surface area contributed by atoms with E-state index in [1.54, 1.807) is 6.07 Å². The molecule has 3 heterocycles. The number of anilines is 4. The molecule has 0 amide bonds. The second-order valence-corrected chi connectivity index (χ2v) is 6.30. The van der Waals surface area contributed by atoms with Gasteiger partial charge in [0.25, 0.3) is 0 Å². The number of pyridine rings is 1. The van der Waals surface area contributed by atoms with E-state index in [1.165, 1.54) is 13.2 Å². The summed E-state index contributed by atoms with van der Waals surface area (Å²) in [5.41, 5.74) is 0.278. The van der Waals surface area contributed by atoms with Gasteiger partial charge in [0.15, 0.2) is 5.69 Å². The van der Waals surface area contributed by atoms with Crippen molar-refractivity contribution in [3.8, 4) is 6.07 Å². The van der Waals surface area contributed by atoms with E-state index in [0.29, 0.717) is 30.0 Å². The predicted octanol–water partition coefficient (Wildman–Crippen LogP) is 2.57. The summed E-state index contributed by atoms with van der Waals surface area (Å²) >= 11 is 0. The first-order chi connectivity index (χ1) is 13.4. The average molecular weight is 392 g/mol. The van der Waals surface area contributed by atoms with Crippen LogP contribution in [-0.2, 0) is 6.18 Å². The third-order valence-electron chi connectivity index (χ3n) is 4.32. The number of alkyl halides is 3. The topological polar surface area (TPSA) is 111 Å². The van der Waals surface area contributed by atoms with Gasteiger partial charge in [0, 0.05) is 19.8 Å². The van der Waals surface area contributed by atoms with Gasteiger partial charge in [-0.15, -0.1) is 0 Å². The minimum absolute atomic E-state index is 0.0187. The van der Waals surface area contributed by atoms with Crippen molar-refractivity contribution in [2.75, 3.05) is 42.6 Å². The van der Waals surface area contributed by atoms with Crippen LogP contribution in [0.15, 0.2) is 18.5 Å². The molecule has 0 bridgehead atoms. The van der Waals surface area contributed by atoms with Crippen LogP contribution in [0.5, 0.6) is 0 Å². The maximum absolute atomic E-state index is 12.9. The lowest BCUT2D eigenvalue weighted by molar-refractivity contribution is -0.137. The quantitative estimate of drug-likeness (QED) is 0.594. The van der Waals surface area contributed by atoms with E-state index in [2.05, 4.69) is 36.2 Å². The first-order valence-corrected chi connectivity index (χ1v) is 8.64.